The van der Waals surface area contributed by atoms with Crippen LogP contribution < -0.4 is 4.90 Å². The Bertz CT molecular complexity index is 653. The molecule has 0 fully saturated rings. The van der Waals surface area contributed by atoms with E-state index in [0.717, 1.165) is 5.69 Å². The van der Waals surface area contributed by atoms with E-state index in [2.05, 4.69) is 4.90 Å². The van der Waals surface area contributed by atoms with Crippen molar-refractivity contribution in [2.24, 2.45) is 0 Å². The number of anilines is 1. The lowest BCUT2D eigenvalue weighted by atomic mass is 9.91. The van der Waals surface area contributed by atoms with Crippen molar-refractivity contribution in [3.63, 3.8) is 0 Å². The number of rotatable bonds is 8. The van der Waals surface area contributed by atoms with Crippen LogP contribution in [-0.2, 0) is 4.79 Å². The molecule has 1 atom stereocenters. The molecule has 1 N–H and O–H groups in total. The van der Waals surface area contributed by atoms with Crippen molar-refractivity contribution < 1.29 is 9.90 Å². The van der Waals surface area contributed by atoms with E-state index in [0.29, 0.717) is 41.0 Å². The van der Waals surface area contributed by atoms with Gasteiger partial charge in [0.15, 0.2) is 0 Å². The molecule has 0 aliphatic heterocycles. The van der Waals surface area contributed by atoms with Crippen LogP contribution >= 0.6 is 34.8 Å². The molecule has 6 heteroatoms. The highest BCUT2D eigenvalue weighted by molar-refractivity contribution is 6.30. The summed E-state index contributed by atoms with van der Waals surface area (Å²) in [5.41, 5.74) is 2.38. The summed E-state index contributed by atoms with van der Waals surface area (Å²) in [5.74, 6) is -0.628. The first kappa shape index (κ1) is 18.9. The Balaban J connectivity index is 2.28. The van der Waals surface area contributed by atoms with Gasteiger partial charge >= 0.3 is 5.97 Å². The SMILES string of the molecule is O=C(O)C(c1ccc(Cl)cc1)c1ccc(N(CCCl)CCCl)cc1. The average molecular weight is 387 g/mol. The third kappa shape index (κ3) is 4.79. The number of hydrogen-bond acceptors (Lipinski definition) is 2. The molecule has 0 saturated carbocycles. The molecule has 2 aromatic rings. The van der Waals surface area contributed by atoms with Crippen LogP contribution in [-0.4, -0.2) is 35.9 Å². The van der Waals surface area contributed by atoms with E-state index in [-0.39, 0.29) is 0 Å². The van der Waals surface area contributed by atoms with Gasteiger partial charge in [-0.3, -0.25) is 4.79 Å². The van der Waals surface area contributed by atoms with Gasteiger partial charge in [0.1, 0.15) is 5.92 Å². The zero-order valence-corrected chi connectivity index (χ0v) is 15.2. The first-order valence-electron chi connectivity index (χ1n) is 7.52. The van der Waals surface area contributed by atoms with Crippen LogP contribution in [0.5, 0.6) is 0 Å². The number of aliphatic carboxylic acids is 1. The standard InChI is InChI=1S/C18H18Cl3NO2/c19-9-11-22(12-10-20)16-7-3-14(4-8-16)17(18(23)24)13-1-5-15(21)6-2-13/h1-8,17H,9-12H2,(H,23,24). The van der Waals surface area contributed by atoms with E-state index >= 15 is 0 Å². The summed E-state index contributed by atoms with van der Waals surface area (Å²) in [4.78, 5) is 13.8. The Morgan fingerprint density at radius 1 is 0.917 bits per heavy atom. The number of carboxylic acids is 1. The number of benzene rings is 2. The van der Waals surface area contributed by atoms with Crippen LogP contribution in [0.1, 0.15) is 17.0 Å². The van der Waals surface area contributed by atoms with E-state index in [1.165, 1.54) is 0 Å². The van der Waals surface area contributed by atoms with Gasteiger partial charge in [-0.15, -0.1) is 23.2 Å². The topological polar surface area (TPSA) is 40.5 Å². The molecule has 0 saturated heterocycles. The second-order valence-corrected chi connectivity index (χ2v) is 6.47. The fraction of sp³-hybridized carbons (Fsp3) is 0.278. The minimum atomic E-state index is -0.900. The van der Waals surface area contributed by atoms with Gasteiger partial charge in [-0.1, -0.05) is 35.9 Å². The van der Waals surface area contributed by atoms with Gasteiger partial charge in [-0.2, -0.15) is 0 Å². The van der Waals surface area contributed by atoms with Gasteiger partial charge < -0.3 is 10.0 Å². The van der Waals surface area contributed by atoms with Crippen molar-refractivity contribution >= 4 is 46.5 Å². The molecule has 128 valence electrons. The second kappa shape index (κ2) is 9.16. The van der Waals surface area contributed by atoms with Crippen molar-refractivity contribution in [2.45, 2.75) is 5.92 Å². The molecule has 0 radical (unpaired) electrons. The third-order valence-corrected chi connectivity index (χ3v) is 4.34. The Kier molecular flexibility index (Phi) is 7.22. The molecule has 24 heavy (non-hydrogen) atoms. The van der Waals surface area contributed by atoms with Crippen molar-refractivity contribution in [1.29, 1.82) is 0 Å². The average Bonchev–Trinajstić information content (AvgIpc) is 2.57. The van der Waals surface area contributed by atoms with Gasteiger partial charge in [0.25, 0.3) is 0 Å². The molecule has 2 aromatic carbocycles. The smallest absolute Gasteiger partial charge is 0.315 e. The molecule has 0 bridgehead atoms. The first-order chi connectivity index (χ1) is 11.6. The lowest BCUT2D eigenvalue weighted by Gasteiger charge is -2.23. The maximum Gasteiger partial charge on any atom is 0.315 e. The molecule has 0 aliphatic rings. The minimum Gasteiger partial charge on any atom is -0.481 e. The van der Waals surface area contributed by atoms with E-state index < -0.39 is 11.9 Å². The van der Waals surface area contributed by atoms with Crippen LogP contribution in [0.4, 0.5) is 5.69 Å². The second-order valence-electron chi connectivity index (χ2n) is 5.28. The predicted molar refractivity (Wildman–Crippen MR) is 101 cm³/mol. The van der Waals surface area contributed by atoms with Gasteiger partial charge in [-0.25, -0.2) is 0 Å². The molecule has 2 rings (SSSR count). The summed E-state index contributed by atoms with van der Waals surface area (Å²) < 4.78 is 0. The van der Waals surface area contributed by atoms with Crippen LogP contribution in [0.25, 0.3) is 0 Å². The highest BCUT2D eigenvalue weighted by Gasteiger charge is 2.22. The van der Waals surface area contributed by atoms with Gasteiger partial charge in [-0.05, 0) is 35.4 Å². The number of alkyl halides is 2. The number of carboxylic acid groups (broad SMARTS) is 1. The summed E-state index contributed by atoms with van der Waals surface area (Å²) in [6.07, 6.45) is 0. The van der Waals surface area contributed by atoms with Gasteiger partial charge in [0.05, 0.1) is 0 Å². The van der Waals surface area contributed by atoms with E-state index in [1.54, 1.807) is 24.3 Å². The molecular weight excluding hydrogens is 369 g/mol. The third-order valence-electron chi connectivity index (χ3n) is 3.75. The Labute approximate surface area is 156 Å². The molecule has 0 aliphatic carbocycles. The summed E-state index contributed by atoms with van der Waals surface area (Å²) in [6, 6.07) is 14.3. The summed E-state index contributed by atoms with van der Waals surface area (Å²) in [6.45, 7) is 1.38. The van der Waals surface area contributed by atoms with Crippen LogP contribution in [0.3, 0.4) is 0 Å². The van der Waals surface area contributed by atoms with E-state index in [4.69, 9.17) is 34.8 Å². The Morgan fingerprint density at radius 3 is 1.79 bits per heavy atom. The van der Waals surface area contributed by atoms with Crippen molar-refractivity contribution in [3.8, 4) is 0 Å². The van der Waals surface area contributed by atoms with E-state index in [1.807, 2.05) is 24.3 Å². The largest absolute Gasteiger partial charge is 0.481 e. The first-order valence-corrected chi connectivity index (χ1v) is 8.96. The van der Waals surface area contributed by atoms with Crippen LogP contribution in [0.2, 0.25) is 5.02 Å². The monoisotopic (exact) mass is 385 g/mol. The quantitative estimate of drug-likeness (QED) is 0.660. The maximum absolute atomic E-state index is 11.7. The zero-order chi connectivity index (χ0) is 17.5. The molecule has 0 amide bonds. The van der Waals surface area contributed by atoms with Crippen LogP contribution in [0, 0.1) is 0 Å². The number of hydrogen-bond donors (Lipinski definition) is 1. The zero-order valence-electron chi connectivity index (χ0n) is 13.0. The Morgan fingerprint density at radius 2 is 1.38 bits per heavy atom. The normalized spacial score (nSPS) is 12.0. The molecule has 0 heterocycles. The molecule has 3 nitrogen and oxygen atoms in total. The minimum absolute atomic E-state index is 0.501. The predicted octanol–water partition coefficient (Wildman–Crippen LogP) is 4.84. The van der Waals surface area contributed by atoms with E-state index in [9.17, 15) is 9.90 Å². The van der Waals surface area contributed by atoms with Gasteiger partial charge in [0, 0.05) is 35.6 Å². The summed E-state index contributed by atoms with van der Waals surface area (Å²) in [5, 5.41) is 10.2. The summed E-state index contributed by atoms with van der Waals surface area (Å²) >= 11 is 17.5. The highest BCUT2D eigenvalue weighted by atomic mass is 35.5. The number of nitrogens with zero attached hydrogens (tertiary/aromatic N) is 1. The number of carbonyl (C=O) groups is 1. The summed E-state index contributed by atoms with van der Waals surface area (Å²) in [7, 11) is 0. The Hall–Kier alpha value is -1.42. The van der Waals surface area contributed by atoms with Crippen molar-refractivity contribution in [1.82, 2.24) is 0 Å². The van der Waals surface area contributed by atoms with Crippen molar-refractivity contribution in [3.05, 3.63) is 64.7 Å². The lowest BCUT2D eigenvalue weighted by Crippen LogP contribution is -2.27. The molecule has 1 unspecified atom stereocenters. The molecule has 0 aromatic heterocycles. The highest BCUT2D eigenvalue weighted by Crippen LogP contribution is 2.28. The molecule has 0 spiro atoms. The van der Waals surface area contributed by atoms with Gasteiger partial charge in [0.2, 0.25) is 0 Å². The number of halogens is 3. The van der Waals surface area contributed by atoms with Crippen LogP contribution in [0.15, 0.2) is 48.5 Å². The lowest BCUT2D eigenvalue weighted by molar-refractivity contribution is -0.137. The fourth-order valence-corrected chi connectivity index (χ4v) is 3.12. The van der Waals surface area contributed by atoms with Crippen molar-refractivity contribution in [2.75, 3.05) is 29.7 Å². The molecular formula is C18H18Cl3NO2. The maximum atomic E-state index is 11.7. The fourth-order valence-electron chi connectivity index (χ4n) is 2.58.